The quantitative estimate of drug-likeness (QED) is 0.543. The summed E-state index contributed by atoms with van der Waals surface area (Å²) in [6.45, 7) is 1.25. The van der Waals surface area contributed by atoms with Crippen LogP contribution in [0, 0.1) is 0 Å². The van der Waals surface area contributed by atoms with Crippen LogP contribution in [0.15, 0.2) is 67.0 Å². The summed E-state index contributed by atoms with van der Waals surface area (Å²) < 4.78 is 33.7. The van der Waals surface area contributed by atoms with Crippen LogP contribution in [-0.2, 0) is 29.1 Å². The lowest BCUT2D eigenvalue weighted by Gasteiger charge is -2.25. The molecule has 10 heteroatoms. The Balaban J connectivity index is 0.000000383. The first kappa shape index (κ1) is 24.0. The van der Waals surface area contributed by atoms with Crippen LogP contribution < -0.4 is 10.6 Å². The van der Waals surface area contributed by atoms with Gasteiger partial charge in [0.25, 0.3) is 0 Å². The molecule has 0 saturated carbocycles. The highest BCUT2D eigenvalue weighted by molar-refractivity contribution is 5.76. The SMILES string of the molecule is O=C(C[C@@H]1Cc2ccccc2CN1)NCc1nccn1-c1ccccc1.O=C(O)C(F)(F)F. The first-order chi connectivity index (χ1) is 15.7. The number of nitrogens with one attached hydrogen (secondary N) is 2. The van der Waals surface area contributed by atoms with Crippen molar-refractivity contribution in [1.82, 2.24) is 20.2 Å². The average Bonchev–Trinajstić information content (AvgIpc) is 3.27. The molecular formula is C23H23F3N4O3. The number of hydrogen-bond acceptors (Lipinski definition) is 4. The topological polar surface area (TPSA) is 96.3 Å². The second-order valence-electron chi connectivity index (χ2n) is 7.38. The number of aromatic nitrogens is 2. The summed E-state index contributed by atoms with van der Waals surface area (Å²) in [4.78, 5) is 25.6. The molecule has 7 nitrogen and oxygen atoms in total. The van der Waals surface area contributed by atoms with Crippen molar-refractivity contribution in [2.75, 3.05) is 0 Å². The highest BCUT2D eigenvalue weighted by atomic mass is 19.4. The maximum Gasteiger partial charge on any atom is 0.490 e. The highest BCUT2D eigenvalue weighted by Crippen LogP contribution is 2.18. The van der Waals surface area contributed by atoms with Gasteiger partial charge in [-0.15, -0.1) is 0 Å². The Morgan fingerprint density at radius 2 is 1.73 bits per heavy atom. The number of para-hydroxylation sites is 1. The smallest absolute Gasteiger partial charge is 0.475 e. The zero-order valence-corrected chi connectivity index (χ0v) is 17.5. The van der Waals surface area contributed by atoms with Gasteiger partial charge in [0.05, 0.1) is 6.54 Å². The number of imidazole rings is 1. The molecule has 2 heterocycles. The molecule has 0 aliphatic carbocycles. The van der Waals surface area contributed by atoms with E-state index in [2.05, 4.69) is 39.9 Å². The van der Waals surface area contributed by atoms with E-state index in [1.165, 1.54) is 11.1 Å². The summed E-state index contributed by atoms with van der Waals surface area (Å²) in [6, 6.07) is 18.6. The van der Waals surface area contributed by atoms with Crippen LogP contribution in [0.25, 0.3) is 5.69 Å². The van der Waals surface area contributed by atoms with Gasteiger partial charge in [-0.05, 0) is 29.7 Å². The Kier molecular flexibility index (Phi) is 7.83. The van der Waals surface area contributed by atoms with Gasteiger partial charge in [0.2, 0.25) is 5.91 Å². The van der Waals surface area contributed by atoms with E-state index in [0.717, 1.165) is 24.5 Å². The molecule has 1 aliphatic rings. The molecule has 1 amide bonds. The lowest BCUT2D eigenvalue weighted by atomic mass is 9.94. The predicted octanol–water partition coefficient (Wildman–Crippen LogP) is 3.23. The van der Waals surface area contributed by atoms with E-state index in [1.807, 2.05) is 41.1 Å². The number of carboxylic acids is 1. The Labute approximate surface area is 188 Å². The largest absolute Gasteiger partial charge is 0.490 e. The number of alkyl halides is 3. The zero-order valence-electron chi connectivity index (χ0n) is 17.5. The number of nitrogens with zero attached hydrogens (tertiary/aromatic N) is 2. The van der Waals surface area contributed by atoms with Crippen LogP contribution >= 0.6 is 0 Å². The third kappa shape index (κ3) is 6.91. The predicted molar refractivity (Wildman–Crippen MR) is 114 cm³/mol. The van der Waals surface area contributed by atoms with Crippen molar-refractivity contribution in [3.63, 3.8) is 0 Å². The lowest BCUT2D eigenvalue weighted by molar-refractivity contribution is -0.192. The van der Waals surface area contributed by atoms with E-state index in [1.54, 1.807) is 6.20 Å². The minimum absolute atomic E-state index is 0.0458. The summed E-state index contributed by atoms with van der Waals surface area (Å²) in [7, 11) is 0. The monoisotopic (exact) mass is 460 g/mol. The molecule has 0 unspecified atom stereocenters. The molecule has 1 aliphatic heterocycles. The molecule has 174 valence electrons. The first-order valence-corrected chi connectivity index (χ1v) is 10.2. The van der Waals surface area contributed by atoms with E-state index in [-0.39, 0.29) is 11.9 Å². The Bertz CT molecular complexity index is 1080. The summed E-state index contributed by atoms with van der Waals surface area (Å²) >= 11 is 0. The maximum atomic E-state index is 12.4. The van der Waals surface area contributed by atoms with Gasteiger partial charge in [-0.2, -0.15) is 13.2 Å². The number of fused-ring (bicyclic) bond motifs is 1. The van der Waals surface area contributed by atoms with E-state index in [9.17, 15) is 18.0 Å². The Morgan fingerprint density at radius 3 is 2.39 bits per heavy atom. The van der Waals surface area contributed by atoms with Gasteiger partial charge < -0.3 is 20.3 Å². The first-order valence-electron chi connectivity index (χ1n) is 10.2. The zero-order chi connectivity index (χ0) is 23.8. The lowest BCUT2D eigenvalue weighted by Crippen LogP contribution is -2.39. The molecule has 4 rings (SSSR count). The summed E-state index contributed by atoms with van der Waals surface area (Å²) in [6.07, 6.45) is -0.0484. The van der Waals surface area contributed by atoms with Crippen LogP contribution in [0.1, 0.15) is 23.4 Å². The van der Waals surface area contributed by atoms with Crippen LogP contribution in [0.3, 0.4) is 0 Å². The molecule has 3 aromatic rings. The fourth-order valence-corrected chi connectivity index (χ4v) is 3.43. The Morgan fingerprint density at radius 1 is 1.09 bits per heavy atom. The van der Waals surface area contributed by atoms with Gasteiger partial charge in [0.15, 0.2) is 0 Å². The molecular weight excluding hydrogens is 437 g/mol. The number of halogens is 3. The second-order valence-corrected chi connectivity index (χ2v) is 7.38. The van der Waals surface area contributed by atoms with Crippen molar-refractivity contribution in [3.05, 3.63) is 83.9 Å². The standard InChI is InChI=1S/C21H22N4O.C2HF3O2/c26-21(13-18-12-16-6-4-5-7-17(16)14-23-18)24-15-20-22-10-11-25(20)19-8-2-1-3-9-19;3-2(4,5)1(6)7/h1-11,18,23H,12-15H2,(H,24,26);(H,6,7)/t18-;/m0./s1. The average molecular weight is 460 g/mol. The number of carboxylic acid groups (broad SMARTS) is 1. The molecule has 0 spiro atoms. The minimum Gasteiger partial charge on any atom is -0.475 e. The fraction of sp³-hybridized carbons (Fsp3) is 0.261. The van der Waals surface area contributed by atoms with E-state index in [0.29, 0.717) is 13.0 Å². The van der Waals surface area contributed by atoms with Crippen molar-refractivity contribution in [2.24, 2.45) is 0 Å². The van der Waals surface area contributed by atoms with Crippen molar-refractivity contribution >= 4 is 11.9 Å². The molecule has 0 bridgehead atoms. The molecule has 0 fully saturated rings. The van der Waals surface area contributed by atoms with Gasteiger partial charge in [0, 0.05) is 37.1 Å². The third-order valence-corrected chi connectivity index (χ3v) is 5.04. The summed E-state index contributed by atoms with van der Waals surface area (Å²) in [5.74, 6) is -1.89. The number of hydrogen-bond donors (Lipinski definition) is 3. The molecule has 33 heavy (non-hydrogen) atoms. The fourth-order valence-electron chi connectivity index (χ4n) is 3.43. The number of aliphatic carboxylic acids is 1. The summed E-state index contributed by atoms with van der Waals surface area (Å²) in [5.41, 5.74) is 3.71. The number of amides is 1. The van der Waals surface area contributed by atoms with Crippen LogP contribution in [0.5, 0.6) is 0 Å². The molecule has 3 N–H and O–H groups in total. The van der Waals surface area contributed by atoms with Gasteiger partial charge in [-0.3, -0.25) is 4.79 Å². The van der Waals surface area contributed by atoms with Gasteiger partial charge in [-0.1, -0.05) is 42.5 Å². The van der Waals surface area contributed by atoms with Crippen molar-refractivity contribution in [1.29, 1.82) is 0 Å². The molecule has 0 radical (unpaired) electrons. The molecule has 0 saturated heterocycles. The van der Waals surface area contributed by atoms with Crippen molar-refractivity contribution in [3.8, 4) is 5.69 Å². The minimum atomic E-state index is -5.08. The number of carbonyl (C=O) groups is 2. The van der Waals surface area contributed by atoms with Crippen LogP contribution in [-0.4, -0.2) is 38.8 Å². The van der Waals surface area contributed by atoms with Crippen LogP contribution in [0.4, 0.5) is 13.2 Å². The number of benzene rings is 2. The molecule has 1 atom stereocenters. The maximum absolute atomic E-state index is 12.4. The van der Waals surface area contributed by atoms with Gasteiger partial charge in [0.1, 0.15) is 5.82 Å². The van der Waals surface area contributed by atoms with E-state index < -0.39 is 12.1 Å². The van der Waals surface area contributed by atoms with Crippen molar-refractivity contribution in [2.45, 2.75) is 38.1 Å². The number of rotatable bonds is 5. The molecule has 1 aromatic heterocycles. The van der Waals surface area contributed by atoms with Crippen LogP contribution in [0.2, 0.25) is 0 Å². The highest BCUT2D eigenvalue weighted by Gasteiger charge is 2.38. The number of carbonyl (C=O) groups excluding carboxylic acids is 1. The third-order valence-electron chi connectivity index (χ3n) is 5.04. The van der Waals surface area contributed by atoms with Gasteiger partial charge >= 0.3 is 12.1 Å². The van der Waals surface area contributed by atoms with E-state index >= 15 is 0 Å². The molecule has 2 aromatic carbocycles. The second kappa shape index (κ2) is 10.8. The van der Waals surface area contributed by atoms with Crippen molar-refractivity contribution < 1.29 is 27.9 Å². The van der Waals surface area contributed by atoms with E-state index in [4.69, 9.17) is 9.90 Å². The summed E-state index contributed by atoms with van der Waals surface area (Å²) in [5, 5.41) is 13.6. The normalized spacial score (nSPS) is 15.1. The Hall–Kier alpha value is -3.66. The van der Waals surface area contributed by atoms with Gasteiger partial charge in [-0.25, -0.2) is 9.78 Å².